The zero-order chi connectivity index (χ0) is 21.7. The van der Waals surface area contributed by atoms with E-state index in [1.54, 1.807) is 7.11 Å². The number of amides is 1. The SMILES string of the molecule is COC(CNC(=O)C(C)(C)CC(C)(C)C)CNC(O)C(C)(C)CC(C)(C)C. The van der Waals surface area contributed by atoms with Gasteiger partial charge in [0, 0.05) is 31.0 Å². The molecule has 0 spiro atoms. The maximum absolute atomic E-state index is 12.6. The smallest absolute Gasteiger partial charge is 0.225 e. The van der Waals surface area contributed by atoms with Crippen molar-refractivity contribution in [2.45, 2.75) is 94.4 Å². The van der Waals surface area contributed by atoms with Gasteiger partial charge < -0.3 is 15.2 Å². The highest BCUT2D eigenvalue weighted by atomic mass is 16.5. The molecule has 5 heteroatoms. The van der Waals surface area contributed by atoms with Crippen LogP contribution in [0.2, 0.25) is 0 Å². The van der Waals surface area contributed by atoms with Crippen LogP contribution in [-0.2, 0) is 9.53 Å². The summed E-state index contributed by atoms with van der Waals surface area (Å²) in [4.78, 5) is 12.6. The first-order valence-electron chi connectivity index (χ1n) is 10.1. The summed E-state index contributed by atoms with van der Waals surface area (Å²) in [6.07, 6.45) is 0.868. The van der Waals surface area contributed by atoms with Crippen LogP contribution in [0.3, 0.4) is 0 Å². The minimum Gasteiger partial charge on any atom is -0.378 e. The number of nitrogens with one attached hydrogen (secondary N) is 2. The molecule has 2 unspecified atom stereocenters. The molecular formula is C22H46N2O3. The molecule has 0 bridgehead atoms. The Bertz CT molecular complexity index is 459. The molecule has 0 heterocycles. The van der Waals surface area contributed by atoms with Gasteiger partial charge in [0.15, 0.2) is 0 Å². The van der Waals surface area contributed by atoms with Crippen molar-refractivity contribution < 1.29 is 14.6 Å². The van der Waals surface area contributed by atoms with Gasteiger partial charge in [-0.3, -0.25) is 10.1 Å². The second kappa shape index (κ2) is 9.71. The van der Waals surface area contributed by atoms with Crippen LogP contribution in [0.4, 0.5) is 0 Å². The Balaban J connectivity index is 4.61. The summed E-state index contributed by atoms with van der Waals surface area (Å²) < 4.78 is 5.49. The molecule has 0 fully saturated rings. The Morgan fingerprint density at radius 2 is 1.37 bits per heavy atom. The van der Waals surface area contributed by atoms with Crippen molar-refractivity contribution in [3.63, 3.8) is 0 Å². The molecule has 0 aliphatic heterocycles. The lowest BCUT2D eigenvalue weighted by molar-refractivity contribution is -0.131. The number of ether oxygens (including phenoxy) is 1. The fraction of sp³-hybridized carbons (Fsp3) is 0.955. The summed E-state index contributed by atoms with van der Waals surface area (Å²) in [5.41, 5.74) is -0.460. The van der Waals surface area contributed by atoms with Crippen LogP contribution in [0, 0.1) is 21.7 Å². The van der Waals surface area contributed by atoms with E-state index in [0.29, 0.717) is 13.1 Å². The number of hydrogen-bond acceptors (Lipinski definition) is 4. The standard InChI is InChI=1S/C22H46N2O3/c1-19(2,3)14-21(7,8)17(25)23-12-16(27-11)13-24-18(26)22(9,10)15-20(4,5)6/h16-17,23,25H,12-15H2,1-11H3,(H,24,26). The summed E-state index contributed by atoms with van der Waals surface area (Å²) in [5, 5.41) is 16.8. The Morgan fingerprint density at radius 3 is 1.78 bits per heavy atom. The van der Waals surface area contributed by atoms with Crippen molar-refractivity contribution in [2.24, 2.45) is 21.7 Å². The molecule has 0 saturated heterocycles. The Hall–Kier alpha value is -0.650. The van der Waals surface area contributed by atoms with Crippen molar-refractivity contribution in [2.75, 3.05) is 20.2 Å². The molecule has 27 heavy (non-hydrogen) atoms. The van der Waals surface area contributed by atoms with Gasteiger partial charge >= 0.3 is 0 Å². The Morgan fingerprint density at radius 1 is 0.889 bits per heavy atom. The number of methoxy groups -OCH3 is 1. The lowest BCUT2D eigenvalue weighted by atomic mass is 9.75. The van der Waals surface area contributed by atoms with E-state index in [1.807, 2.05) is 13.8 Å². The molecule has 0 aliphatic rings. The highest BCUT2D eigenvalue weighted by molar-refractivity contribution is 5.81. The molecule has 0 rings (SSSR count). The third kappa shape index (κ3) is 11.1. The summed E-state index contributed by atoms with van der Waals surface area (Å²) in [5.74, 6) is 0.0353. The van der Waals surface area contributed by atoms with Crippen molar-refractivity contribution in [1.29, 1.82) is 0 Å². The summed E-state index contributed by atoms with van der Waals surface area (Å²) in [6, 6.07) is 0. The van der Waals surface area contributed by atoms with E-state index in [2.05, 4.69) is 66.0 Å². The quantitative estimate of drug-likeness (QED) is 0.497. The van der Waals surface area contributed by atoms with Gasteiger partial charge in [0.1, 0.15) is 6.23 Å². The van der Waals surface area contributed by atoms with Crippen molar-refractivity contribution in [1.82, 2.24) is 10.6 Å². The van der Waals surface area contributed by atoms with Gasteiger partial charge in [0.25, 0.3) is 0 Å². The van der Waals surface area contributed by atoms with Crippen LogP contribution in [0.25, 0.3) is 0 Å². The largest absolute Gasteiger partial charge is 0.378 e. The topological polar surface area (TPSA) is 70.6 Å². The van der Waals surface area contributed by atoms with Crippen molar-refractivity contribution in [3.05, 3.63) is 0 Å². The van der Waals surface area contributed by atoms with E-state index in [9.17, 15) is 9.90 Å². The van der Waals surface area contributed by atoms with E-state index in [4.69, 9.17) is 4.74 Å². The number of carbonyl (C=O) groups is 1. The highest BCUT2D eigenvalue weighted by Gasteiger charge is 2.34. The molecule has 0 aromatic rings. The average molecular weight is 387 g/mol. The number of rotatable bonds is 10. The molecule has 0 saturated carbocycles. The van der Waals surface area contributed by atoms with Crippen molar-refractivity contribution in [3.8, 4) is 0 Å². The van der Waals surface area contributed by atoms with E-state index in [0.717, 1.165) is 12.8 Å². The minimum atomic E-state index is -0.637. The fourth-order valence-corrected chi connectivity index (χ4v) is 4.07. The third-order valence-electron chi connectivity index (χ3n) is 4.68. The average Bonchev–Trinajstić information content (AvgIpc) is 2.41. The molecule has 2 atom stereocenters. The molecule has 3 N–H and O–H groups in total. The summed E-state index contributed by atoms with van der Waals surface area (Å²) in [6.45, 7) is 21.9. The van der Waals surface area contributed by atoms with Gasteiger partial charge in [-0.05, 0) is 23.7 Å². The molecule has 1 amide bonds. The maximum Gasteiger partial charge on any atom is 0.225 e. The van der Waals surface area contributed by atoms with Gasteiger partial charge in [0.05, 0.1) is 6.10 Å². The van der Waals surface area contributed by atoms with E-state index < -0.39 is 11.6 Å². The predicted molar refractivity (Wildman–Crippen MR) is 114 cm³/mol. The van der Waals surface area contributed by atoms with Crippen LogP contribution in [0.1, 0.15) is 82.1 Å². The number of hydrogen-bond donors (Lipinski definition) is 3. The first-order valence-corrected chi connectivity index (χ1v) is 10.1. The Labute approximate surface area is 168 Å². The van der Waals surface area contributed by atoms with E-state index in [-0.39, 0.29) is 28.3 Å². The van der Waals surface area contributed by atoms with Crippen LogP contribution < -0.4 is 10.6 Å². The molecule has 0 aromatic heterocycles. The molecule has 0 radical (unpaired) electrons. The van der Waals surface area contributed by atoms with Gasteiger partial charge in [0.2, 0.25) is 5.91 Å². The number of carbonyl (C=O) groups excluding carboxylic acids is 1. The first kappa shape index (κ1) is 26.4. The van der Waals surface area contributed by atoms with Gasteiger partial charge in [-0.2, -0.15) is 0 Å². The second-order valence-electron chi connectivity index (χ2n) is 11.7. The van der Waals surface area contributed by atoms with Gasteiger partial charge in [-0.15, -0.1) is 0 Å². The van der Waals surface area contributed by atoms with E-state index >= 15 is 0 Å². The van der Waals surface area contributed by atoms with Crippen LogP contribution in [0.5, 0.6) is 0 Å². The zero-order valence-electron chi connectivity index (χ0n) is 19.7. The summed E-state index contributed by atoms with van der Waals surface area (Å²) >= 11 is 0. The van der Waals surface area contributed by atoms with E-state index in [1.165, 1.54) is 0 Å². The maximum atomic E-state index is 12.6. The van der Waals surface area contributed by atoms with Crippen LogP contribution >= 0.6 is 0 Å². The minimum absolute atomic E-state index is 0.0353. The highest BCUT2D eigenvalue weighted by Crippen LogP contribution is 2.35. The molecule has 5 nitrogen and oxygen atoms in total. The molecule has 162 valence electrons. The van der Waals surface area contributed by atoms with Gasteiger partial charge in [-0.25, -0.2) is 0 Å². The zero-order valence-corrected chi connectivity index (χ0v) is 19.7. The van der Waals surface area contributed by atoms with Crippen molar-refractivity contribution >= 4 is 5.91 Å². The number of aliphatic hydroxyl groups excluding tert-OH is 1. The fourth-order valence-electron chi connectivity index (χ4n) is 4.07. The van der Waals surface area contributed by atoms with Crippen LogP contribution in [0.15, 0.2) is 0 Å². The van der Waals surface area contributed by atoms with Gasteiger partial charge in [-0.1, -0.05) is 69.2 Å². The summed E-state index contributed by atoms with van der Waals surface area (Å²) in [7, 11) is 1.63. The lowest BCUT2D eigenvalue weighted by Crippen LogP contribution is -2.49. The molecule has 0 aromatic carbocycles. The Kier molecular flexibility index (Phi) is 9.47. The number of aliphatic hydroxyl groups is 1. The van der Waals surface area contributed by atoms with Crippen LogP contribution in [-0.4, -0.2) is 43.5 Å². The lowest BCUT2D eigenvalue weighted by Gasteiger charge is -2.37. The molecular weight excluding hydrogens is 340 g/mol. The molecule has 0 aliphatic carbocycles. The normalized spacial score (nSPS) is 16.1. The third-order valence-corrected chi connectivity index (χ3v) is 4.68. The first-order chi connectivity index (χ1) is 11.9. The predicted octanol–water partition coefficient (Wildman–Crippen LogP) is 3.95. The second-order valence-corrected chi connectivity index (χ2v) is 11.7. The monoisotopic (exact) mass is 386 g/mol.